The summed E-state index contributed by atoms with van der Waals surface area (Å²) >= 11 is 0. The third kappa shape index (κ3) is 2.34. The van der Waals surface area contributed by atoms with E-state index < -0.39 is 0 Å². The molecule has 0 fully saturated rings. The van der Waals surface area contributed by atoms with Gasteiger partial charge in [0.05, 0.1) is 5.56 Å². The number of benzene rings is 1. The van der Waals surface area contributed by atoms with Gasteiger partial charge in [0.25, 0.3) is 5.91 Å². The lowest BCUT2D eigenvalue weighted by Gasteiger charge is -2.16. The highest BCUT2D eigenvalue weighted by Gasteiger charge is 2.13. The number of hydrogen-bond donors (Lipinski definition) is 1. The number of rotatable bonds is 3. The van der Waals surface area contributed by atoms with Crippen molar-refractivity contribution in [1.29, 1.82) is 0 Å². The Balaban J connectivity index is 2.27. The zero-order chi connectivity index (χ0) is 13.1. The SMILES string of the molecule is CN(C)c1ccccc1C(=O)Nc1nccn1C. The minimum Gasteiger partial charge on any atom is -0.377 e. The molecule has 94 valence electrons. The average Bonchev–Trinajstić information content (AvgIpc) is 2.75. The Morgan fingerprint density at radius 2 is 2.06 bits per heavy atom. The van der Waals surface area contributed by atoms with Gasteiger partial charge >= 0.3 is 0 Å². The lowest BCUT2D eigenvalue weighted by Crippen LogP contribution is -2.19. The van der Waals surface area contributed by atoms with Crippen LogP contribution in [0.2, 0.25) is 0 Å². The summed E-state index contributed by atoms with van der Waals surface area (Å²) in [4.78, 5) is 18.2. The highest BCUT2D eigenvalue weighted by atomic mass is 16.1. The van der Waals surface area contributed by atoms with E-state index in [1.807, 2.05) is 44.2 Å². The van der Waals surface area contributed by atoms with Gasteiger partial charge in [0.1, 0.15) is 0 Å². The number of amides is 1. The Kier molecular flexibility index (Phi) is 3.32. The Bertz CT molecular complexity index is 560. The van der Waals surface area contributed by atoms with Crippen LogP contribution in [0.1, 0.15) is 10.4 Å². The largest absolute Gasteiger partial charge is 0.377 e. The number of aromatic nitrogens is 2. The van der Waals surface area contributed by atoms with Gasteiger partial charge in [0.2, 0.25) is 5.95 Å². The van der Waals surface area contributed by atoms with Crippen LogP contribution in [-0.4, -0.2) is 29.6 Å². The van der Waals surface area contributed by atoms with Crippen molar-refractivity contribution in [1.82, 2.24) is 9.55 Å². The van der Waals surface area contributed by atoms with Crippen LogP contribution in [-0.2, 0) is 7.05 Å². The van der Waals surface area contributed by atoms with E-state index in [4.69, 9.17) is 0 Å². The monoisotopic (exact) mass is 244 g/mol. The van der Waals surface area contributed by atoms with Crippen molar-refractivity contribution in [3.05, 3.63) is 42.2 Å². The van der Waals surface area contributed by atoms with Crippen LogP contribution in [0, 0.1) is 0 Å². The van der Waals surface area contributed by atoms with Gasteiger partial charge in [0, 0.05) is 39.2 Å². The summed E-state index contributed by atoms with van der Waals surface area (Å²) < 4.78 is 1.76. The average molecular weight is 244 g/mol. The van der Waals surface area contributed by atoms with Crippen LogP contribution < -0.4 is 10.2 Å². The van der Waals surface area contributed by atoms with Gasteiger partial charge in [-0.15, -0.1) is 0 Å². The first kappa shape index (κ1) is 12.2. The predicted octanol–water partition coefficient (Wildman–Crippen LogP) is 1.74. The Morgan fingerprint density at radius 1 is 1.33 bits per heavy atom. The molecule has 0 saturated carbocycles. The fourth-order valence-corrected chi connectivity index (χ4v) is 1.71. The molecule has 18 heavy (non-hydrogen) atoms. The molecular weight excluding hydrogens is 228 g/mol. The number of imidazole rings is 1. The summed E-state index contributed by atoms with van der Waals surface area (Å²) in [7, 11) is 5.65. The molecule has 1 aromatic carbocycles. The van der Waals surface area contributed by atoms with E-state index in [2.05, 4.69) is 10.3 Å². The predicted molar refractivity (Wildman–Crippen MR) is 71.9 cm³/mol. The molecule has 0 radical (unpaired) electrons. The van der Waals surface area contributed by atoms with Crippen LogP contribution in [0.3, 0.4) is 0 Å². The zero-order valence-electron chi connectivity index (χ0n) is 10.7. The second kappa shape index (κ2) is 4.91. The molecule has 2 aromatic rings. The topological polar surface area (TPSA) is 50.2 Å². The standard InChI is InChI=1S/C13H16N4O/c1-16(2)11-7-5-4-6-10(11)12(18)15-13-14-8-9-17(13)3/h4-9H,1-3H3,(H,14,15,18). The molecule has 2 rings (SSSR count). The van der Waals surface area contributed by atoms with Gasteiger partial charge in [-0.05, 0) is 12.1 Å². The van der Waals surface area contributed by atoms with Gasteiger partial charge in [-0.3, -0.25) is 10.1 Å². The quantitative estimate of drug-likeness (QED) is 0.894. The van der Waals surface area contributed by atoms with Crippen molar-refractivity contribution in [2.45, 2.75) is 0 Å². The molecule has 0 aliphatic rings. The first-order valence-corrected chi connectivity index (χ1v) is 5.64. The molecule has 1 amide bonds. The van der Waals surface area contributed by atoms with E-state index in [9.17, 15) is 4.79 Å². The maximum atomic E-state index is 12.2. The maximum Gasteiger partial charge on any atom is 0.260 e. The van der Waals surface area contributed by atoms with E-state index in [1.165, 1.54) is 0 Å². The minimum absolute atomic E-state index is 0.159. The third-order valence-electron chi connectivity index (χ3n) is 2.68. The summed E-state index contributed by atoms with van der Waals surface area (Å²) in [6.07, 6.45) is 3.43. The normalized spacial score (nSPS) is 10.2. The van der Waals surface area contributed by atoms with Crippen LogP contribution in [0.25, 0.3) is 0 Å². The van der Waals surface area contributed by atoms with Crippen molar-refractivity contribution >= 4 is 17.5 Å². The van der Waals surface area contributed by atoms with E-state index in [-0.39, 0.29) is 5.91 Å². The zero-order valence-corrected chi connectivity index (χ0v) is 10.7. The van der Waals surface area contributed by atoms with E-state index in [0.717, 1.165) is 5.69 Å². The van der Waals surface area contributed by atoms with Crippen LogP contribution in [0.15, 0.2) is 36.7 Å². The Hall–Kier alpha value is -2.30. The van der Waals surface area contributed by atoms with E-state index in [0.29, 0.717) is 11.5 Å². The summed E-state index contributed by atoms with van der Waals surface area (Å²) in [5.41, 5.74) is 1.51. The molecule has 5 nitrogen and oxygen atoms in total. The first-order chi connectivity index (χ1) is 8.59. The van der Waals surface area contributed by atoms with Crippen molar-refractivity contribution in [3.63, 3.8) is 0 Å². The van der Waals surface area contributed by atoms with Gasteiger partial charge in [-0.1, -0.05) is 12.1 Å². The van der Waals surface area contributed by atoms with Crippen molar-refractivity contribution in [3.8, 4) is 0 Å². The first-order valence-electron chi connectivity index (χ1n) is 5.64. The molecule has 0 saturated heterocycles. The van der Waals surface area contributed by atoms with E-state index in [1.54, 1.807) is 23.0 Å². The molecule has 1 heterocycles. The van der Waals surface area contributed by atoms with Gasteiger partial charge in [-0.25, -0.2) is 4.98 Å². The van der Waals surface area contributed by atoms with Gasteiger partial charge < -0.3 is 9.47 Å². The molecule has 0 aliphatic carbocycles. The van der Waals surface area contributed by atoms with Gasteiger partial charge in [-0.2, -0.15) is 0 Å². The maximum absolute atomic E-state index is 12.2. The fraction of sp³-hybridized carbons (Fsp3) is 0.231. The molecule has 5 heteroatoms. The number of carbonyl (C=O) groups is 1. The molecule has 1 aromatic heterocycles. The summed E-state index contributed by atoms with van der Waals surface area (Å²) in [5, 5.41) is 2.79. The second-order valence-corrected chi connectivity index (χ2v) is 4.23. The molecule has 0 spiro atoms. The van der Waals surface area contributed by atoms with E-state index >= 15 is 0 Å². The van der Waals surface area contributed by atoms with Crippen LogP contribution in [0.5, 0.6) is 0 Å². The lowest BCUT2D eigenvalue weighted by molar-refractivity contribution is 0.102. The molecule has 0 unspecified atom stereocenters. The van der Waals surface area contributed by atoms with Crippen molar-refractivity contribution in [2.24, 2.45) is 7.05 Å². The molecular formula is C13H16N4O. The number of carbonyl (C=O) groups excluding carboxylic acids is 1. The van der Waals surface area contributed by atoms with Crippen LogP contribution >= 0.6 is 0 Å². The highest BCUT2D eigenvalue weighted by Crippen LogP contribution is 2.18. The number of anilines is 2. The number of nitrogens with one attached hydrogen (secondary N) is 1. The number of nitrogens with zero attached hydrogens (tertiary/aromatic N) is 3. The Morgan fingerprint density at radius 3 is 2.67 bits per heavy atom. The van der Waals surface area contributed by atoms with Gasteiger partial charge in [0.15, 0.2) is 0 Å². The second-order valence-electron chi connectivity index (χ2n) is 4.23. The molecule has 0 bridgehead atoms. The number of aryl methyl sites for hydroxylation is 1. The summed E-state index contributed by atoms with van der Waals surface area (Å²) in [6.45, 7) is 0. The third-order valence-corrected chi connectivity index (χ3v) is 2.68. The summed E-state index contributed by atoms with van der Waals surface area (Å²) in [6, 6.07) is 7.47. The smallest absolute Gasteiger partial charge is 0.260 e. The van der Waals surface area contributed by atoms with Crippen molar-refractivity contribution in [2.75, 3.05) is 24.3 Å². The minimum atomic E-state index is -0.159. The number of hydrogen-bond acceptors (Lipinski definition) is 3. The molecule has 0 aliphatic heterocycles. The molecule has 0 atom stereocenters. The van der Waals surface area contributed by atoms with Crippen molar-refractivity contribution < 1.29 is 4.79 Å². The van der Waals surface area contributed by atoms with Crippen LogP contribution in [0.4, 0.5) is 11.6 Å². The Labute approximate surface area is 106 Å². The summed E-state index contributed by atoms with van der Waals surface area (Å²) in [5.74, 6) is 0.377. The fourth-order valence-electron chi connectivity index (χ4n) is 1.71. The molecule has 1 N–H and O–H groups in total. The lowest BCUT2D eigenvalue weighted by atomic mass is 10.1. The highest BCUT2D eigenvalue weighted by molar-refractivity contribution is 6.07. The number of para-hydroxylation sites is 1.